The summed E-state index contributed by atoms with van der Waals surface area (Å²) in [4.78, 5) is 10.7. The van der Waals surface area contributed by atoms with Gasteiger partial charge in [-0.05, 0) is 24.3 Å². The molecular weight excluding hydrogens is 258 g/mol. The first-order chi connectivity index (χ1) is 9.70. The molecule has 3 rings (SSSR count). The van der Waals surface area contributed by atoms with Gasteiger partial charge in [0.15, 0.2) is 11.3 Å². The molecule has 6 heteroatoms. The molecule has 0 saturated heterocycles. The molecule has 0 bridgehead atoms. The maximum atomic E-state index is 11.2. The van der Waals surface area contributed by atoms with Crippen LogP contribution in [0, 0.1) is 10.1 Å². The molecule has 1 aromatic heterocycles. The van der Waals surface area contributed by atoms with Crippen LogP contribution in [-0.4, -0.2) is 21.8 Å². The third-order valence-electron chi connectivity index (χ3n) is 3.04. The van der Waals surface area contributed by atoms with Gasteiger partial charge in [0.1, 0.15) is 0 Å². The van der Waals surface area contributed by atoms with Crippen LogP contribution >= 0.6 is 0 Å². The molecule has 0 N–H and O–H groups in total. The summed E-state index contributed by atoms with van der Waals surface area (Å²) >= 11 is 0. The number of para-hydroxylation sites is 1. The van der Waals surface area contributed by atoms with Crippen LogP contribution in [0.1, 0.15) is 0 Å². The minimum atomic E-state index is -0.469. The van der Waals surface area contributed by atoms with Crippen molar-refractivity contribution in [3.05, 3.63) is 58.8 Å². The van der Waals surface area contributed by atoms with E-state index in [-0.39, 0.29) is 11.4 Å². The van der Waals surface area contributed by atoms with E-state index in [1.807, 2.05) is 30.3 Å². The fourth-order valence-electron chi connectivity index (χ4n) is 2.11. The van der Waals surface area contributed by atoms with Gasteiger partial charge >= 0.3 is 5.69 Å². The molecular formula is C14H11N3O3. The highest BCUT2D eigenvalue weighted by Gasteiger charge is 2.22. The van der Waals surface area contributed by atoms with E-state index in [4.69, 9.17) is 4.74 Å². The average Bonchev–Trinajstić information content (AvgIpc) is 2.90. The summed E-state index contributed by atoms with van der Waals surface area (Å²) in [6.45, 7) is 0. The molecule has 0 amide bonds. The number of hydrogen-bond acceptors (Lipinski definition) is 4. The molecule has 2 aromatic carbocycles. The summed E-state index contributed by atoms with van der Waals surface area (Å²) in [7, 11) is 1.41. The number of fused-ring (bicyclic) bond motifs is 1. The molecule has 0 atom stereocenters. The summed E-state index contributed by atoms with van der Waals surface area (Å²) in [6.07, 6.45) is 1.76. The SMILES string of the molecule is COc1ccc2cn(-c3ccccc3)nc2c1[N+](=O)[O-]. The summed E-state index contributed by atoms with van der Waals surface area (Å²) < 4.78 is 6.66. The monoisotopic (exact) mass is 269 g/mol. The third-order valence-corrected chi connectivity index (χ3v) is 3.04. The molecule has 0 aliphatic rings. The van der Waals surface area contributed by atoms with E-state index in [2.05, 4.69) is 5.10 Å². The van der Waals surface area contributed by atoms with E-state index in [0.29, 0.717) is 10.9 Å². The van der Waals surface area contributed by atoms with Crippen LogP contribution in [0.3, 0.4) is 0 Å². The number of aromatic nitrogens is 2. The van der Waals surface area contributed by atoms with Crippen molar-refractivity contribution in [3.8, 4) is 11.4 Å². The van der Waals surface area contributed by atoms with Crippen molar-refractivity contribution >= 4 is 16.6 Å². The number of methoxy groups -OCH3 is 1. The summed E-state index contributed by atoms with van der Waals surface area (Å²) in [5, 5.41) is 16.2. The molecule has 0 spiro atoms. The fraction of sp³-hybridized carbons (Fsp3) is 0.0714. The normalized spacial score (nSPS) is 10.7. The van der Waals surface area contributed by atoms with Crippen molar-refractivity contribution in [1.82, 2.24) is 9.78 Å². The molecule has 20 heavy (non-hydrogen) atoms. The Morgan fingerprint density at radius 3 is 2.60 bits per heavy atom. The lowest BCUT2D eigenvalue weighted by atomic mass is 10.2. The van der Waals surface area contributed by atoms with E-state index < -0.39 is 4.92 Å². The summed E-state index contributed by atoms with van der Waals surface area (Å²) in [5.41, 5.74) is 1.05. The maximum absolute atomic E-state index is 11.2. The summed E-state index contributed by atoms with van der Waals surface area (Å²) in [6, 6.07) is 12.8. The quantitative estimate of drug-likeness (QED) is 0.541. The number of rotatable bonds is 3. The predicted octanol–water partition coefficient (Wildman–Crippen LogP) is 2.94. The Bertz CT molecular complexity index is 781. The van der Waals surface area contributed by atoms with Gasteiger partial charge in [0.25, 0.3) is 0 Å². The number of nitro benzene ring substituents is 1. The first-order valence-corrected chi connectivity index (χ1v) is 5.97. The lowest BCUT2D eigenvalue weighted by Gasteiger charge is -2.00. The van der Waals surface area contributed by atoms with Crippen LogP contribution < -0.4 is 4.74 Å². The van der Waals surface area contributed by atoms with E-state index in [0.717, 1.165) is 5.69 Å². The van der Waals surface area contributed by atoms with Crippen molar-refractivity contribution in [2.75, 3.05) is 7.11 Å². The van der Waals surface area contributed by atoms with E-state index in [1.54, 1.807) is 23.0 Å². The van der Waals surface area contributed by atoms with Gasteiger partial charge in [-0.1, -0.05) is 18.2 Å². The highest BCUT2D eigenvalue weighted by atomic mass is 16.6. The van der Waals surface area contributed by atoms with Gasteiger partial charge in [0.2, 0.25) is 0 Å². The number of nitro groups is 1. The Kier molecular flexibility index (Phi) is 2.83. The number of benzene rings is 2. The lowest BCUT2D eigenvalue weighted by molar-refractivity contribution is -0.384. The van der Waals surface area contributed by atoms with E-state index in [1.165, 1.54) is 7.11 Å². The fourth-order valence-corrected chi connectivity index (χ4v) is 2.11. The minimum absolute atomic E-state index is 0.111. The molecule has 0 aliphatic carbocycles. The molecule has 0 fully saturated rings. The zero-order valence-corrected chi connectivity index (χ0v) is 10.7. The van der Waals surface area contributed by atoms with Crippen molar-refractivity contribution in [1.29, 1.82) is 0 Å². The number of hydrogen-bond donors (Lipinski definition) is 0. The van der Waals surface area contributed by atoms with Gasteiger partial charge in [0, 0.05) is 11.6 Å². The molecule has 0 radical (unpaired) electrons. The molecule has 6 nitrogen and oxygen atoms in total. The lowest BCUT2D eigenvalue weighted by Crippen LogP contribution is -1.96. The molecule has 0 saturated carbocycles. The topological polar surface area (TPSA) is 70.2 Å². The van der Waals surface area contributed by atoms with Crippen molar-refractivity contribution in [2.24, 2.45) is 0 Å². The van der Waals surface area contributed by atoms with Crippen molar-refractivity contribution < 1.29 is 9.66 Å². The molecule has 3 aromatic rings. The Hall–Kier alpha value is -2.89. The Labute approximate surface area is 114 Å². The number of nitrogens with zero attached hydrogens (tertiary/aromatic N) is 3. The van der Waals surface area contributed by atoms with Gasteiger partial charge in [-0.3, -0.25) is 10.1 Å². The van der Waals surface area contributed by atoms with Gasteiger partial charge in [0.05, 0.1) is 17.7 Å². The Morgan fingerprint density at radius 2 is 1.95 bits per heavy atom. The predicted molar refractivity (Wildman–Crippen MR) is 74.3 cm³/mol. The van der Waals surface area contributed by atoms with Gasteiger partial charge < -0.3 is 4.74 Å². The second-order valence-electron chi connectivity index (χ2n) is 4.22. The first-order valence-electron chi connectivity index (χ1n) is 5.97. The average molecular weight is 269 g/mol. The van der Waals surface area contributed by atoms with Gasteiger partial charge in [-0.15, -0.1) is 0 Å². The highest BCUT2D eigenvalue weighted by Crippen LogP contribution is 2.34. The van der Waals surface area contributed by atoms with Crippen LogP contribution in [-0.2, 0) is 0 Å². The summed E-state index contributed by atoms with van der Waals surface area (Å²) in [5.74, 6) is 0.209. The van der Waals surface area contributed by atoms with Crippen LogP contribution in [0.25, 0.3) is 16.6 Å². The highest BCUT2D eigenvalue weighted by molar-refractivity contribution is 5.90. The number of ether oxygens (including phenoxy) is 1. The van der Waals surface area contributed by atoms with Crippen LogP contribution in [0.2, 0.25) is 0 Å². The van der Waals surface area contributed by atoms with E-state index in [9.17, 15) is 10.1 Å². The van der Waals surface area contributed by atoms with Crippen molar-refractivity contribution in [2.45, 2.75) is 0 Å². The maximum Gasteiger partial charge on any atom is 0.338 e. The van der Waals surface area contributed by atoms with Gasteiger partial charge in [-0.2, -0.15) is 5.10 Å². The largest absolute Gasteiger partial charge is 0.490 e. The zero-order chi connectivity index (χ0) is 14.1. The van der Waals surface area contributed by atoms with Crippen LogP contribution in [0.15, 0.2) is 48.7 Å². The third kappa shape index (κ3) is 1.87. The van der Waals surface area contributed by atoms with Crippen LogP contribution in [0.4, 0.5) is 5.69 Å². The molecule has 1 heterocycles. The van der Waals surface area contributed by atoms with Crippen LogP contribution in [0.5, 0.6) is 5.75 Å². The molecule has 100 valence electrons. The second kappa shape index (κ2) is 4.65. The molecule has 0 unspecified atom stereocenters. The zero-order valence-electron chi connectivity index (χ0n) is 10.7. The smallest absolute Gasteiger partial charge is 0.338 e. The van der Waals surface area contributed by atoms with E-state index >= 15 is 0 Å². The second-order valence-corrected chi connectivity index (χ2v) is 4.22. The Balaban J connectivity index is 2.26. The standard InChI is InChI=1S/C14H11N3O3/c1-20-12-8-7-10-9-16(11-5-3-2-4-6-11)15-13(10)14(12)17(18)19/h2-9H,1H3. The minimum Gasteiger partial charge on any atom is -0.490 e. The molecule has 0 aliphatic heterocycles. The van der Waals surface area contributed by atoms with Gasteiger partial charge in [-0.25, -0.2) is 4.68 Å². The van der Waals surface area contributed by atoms with Crippen molar-refractivity contribution in [3.63, 3.8) is 0 Å². The Morgan fingerprint density at radius 1 is 1.20 bits per heavy atom. The first kappa shape index (κ1) is 12.2.